The molecule has 2 aromatic carbocycles. The highest BCUT2D eigenvalue weighted by Crippen LogP contribution is 2.31. The number of sulfone groups is 1. The second-order valence-corrected chi connectivity index (χ2v) is 9.60. The molecule has 1 aliphatic heterocycles. The molecule has 0 amide bonds. The summed E-state index contributed by atoms with van der Waals surface area (Å²) in [5.41, 5.74) is 2.04. The van der Waals surface area contributed by atoms with Crippen LogP contribution >= 0.6 is 11.3 Å². The van der Waals surface area contributed by atoms with Crippen LogP contribution in [0, 0.1) is 0 Å². The summed E-state index contributed by atoms with van der Waals surface area (Å²) in [7, 11) is -1.53. The smallest absolute Gasteiger partial charge is 0.186 e. The van der Waals surface area contributed by atoms with Crippen LogP contribution in [0.3, 0.4) is 0 Å². The largest absolute Gasteiger partial charge is 0.497 e. The summed E-state index contributed by atoms with van der Waals surface area (Å²) in [6.45, 7) is 3.59. The molecule has 0 radical (unpaired) electrons. The lowest BCUT2D eigenvalue weighted by Crippen LogP contribution is -2.46. The molecule has 2 heterocycles. The fraction of sp³-hybridized carbons (Fsp3) is 0.316. The second kappa shape index (κ2) is 7.01. The van der Waals surface area contributed by atoms with Crippen LogP contribution in [0.1, 0.15) is 0 Å². The molecule has 0 spiro atoms. The van der Waals surface area contributed by atoms with Crippen LogP contribution in [0.2, 0.25) is 0 Å². The average molecular weight is 404 g/mol. The van der Waals surface area contributed by atoms with Crippen molar-refractivity contribution in [1.82, 2.24) is 4.98 Å². The number of thiazole rings is 1. The molecule has 0 atom stereocenters. The van der Waals surface area contributed by atoms with Gasteiger partial charge in [-0.3, -0.25) is 0 Å². The predicted octanol–water partition coefficient (Wildman–Crippen LogP) is 3.04. The Morgan fingerprint density at radius 3 is 2.30 bits per heavy atom. The minimum atomic E-state index is -3.20. The molecule has 0 saturated carbocycles. The van der Waals surface area contributed by atoms with Crippen LogP contribution in [0.25, 0.3) is 10.2 Å². The minimum Gasteiger partial charge on any atom is -0.497 e. The molecule has 8 heteroatoms. The minimum absolute atomic E-state index is 0.342. The highest BCUT2D eigenvalue weighted by Gasteiger charge is 2.20. The molecule has 1 aromatic heterocycles. The van der Waals surface area contributed by atoms with E-state index in [0.717, 1.165) is 47.3 Å². The average Bonchev–Trinajstić information content (AvgIpc) is 3.11. The predicted molar refractivity (Wildman–Crippen MR) is 110 cm³/mol. The lowest BCUT2D eigenvalue weighted by Gasteiger charge is -2.36. The monoisotopic (exact) mass is 403 g/mol. The molecule has 1 aliphatic rings. The quantitative estimate of drug-likeness (QED) is 0.667. The summed E-state index contributed by atoms with van der Waals surface area (Å²) in [6.07, 6.45) is 1.23. The van der Waals surface area contributed by atoms with Crippen molar-refractivity contribution in [3.05, 3.63) is 42.5 Å². The van der Waals surface area contributed by atoms with Crippen molar-refractivity contribution >= 4 is 42.2 Å². The molecule has 0 N–H and O–H groups in total. The highest BCUT2D eigenvalue weighted by molar-refractivity contribution is 7.90. The zero-order valence-electron chi connectivity index (χ0n) is 15.3. The zero-order valence-corrected chi connectivity index (χ0v) is 16.9. The topological polar surface area (TPSA) is 62.7 Å². The Morgan fingerprint density at radius 2 is 1.67 bits per heavy atom. The van der Waals surface area contributed by atoms with Crippen molar-refractivity contribution in [1.29, 1.82) is 0 Å². The van der Waals surface area contributed by atoms with E-state index in [1.807, 2.05) is 12.1 Å². The number of ether oxygens (including phenoxy) is 1. The molecular weight excluding hydrogens is 382 g/mol. The number of nitrogens with zero attached hydrogens (tertiary/aromatic N) is 3. The van der Waals surface area contributed by atoms with E-state index in [-0.39, 0.29) is 0 Å². The number of benzene rings is 2. The zero-order chi connectivity index (χ0) is 19.0. The Morgan fingerprint density at radius 1 is 1.00 bits per heavy atom. The van der Waals surface area contributed by atoms with Gasteiger partial charge in [0, 0.05) is 38.1 Å². The third-order valence-corrected chi connectivity index (χ3v) is 6.95. The van der Waals surface area contributed by atoms with Crippen molar-refractivity contribution in [2.24, 2.45) is 0 Å². The fourth-order valence-corrected chi connectivity index (χ4v) is 4.99. The summed E-state index contributed by atoms with van der Waals surface area (Å²) < 4.78 is 29.6. The van der Waals surface area contributed by atoms with Crippen LogP contribution in [0.5, 0.6) is 5.75 Å². The van der Waals surface area contributed by atoms with Gasteiger partial charge < -0.3 is 14.5 Å². The molecule has 1 fully saturated rings. The number of methoxy groups -OCH3 is 1. The molecule has 4 rings (SSSR count). The molecule has 1 saturated heterocycles. The van der Waals surface area contributed by atoms with Crippen LogP contribution in [-0.2, 0) is 9.84 Å². The Labute approximate surface area is 162 Å². The lowest BCUT2D eigenvalue weighted by molar-refractivity contribution is 0.415. The summed E-state index contributed by atoms with van der Waals surface area (Å²) in [6, 6.07) is 13.3. The maximum Gasteiger partial charge on any atom is 0.186 e. The number of hydrogen-bond acceptors (Lipinski definition) is 7. The molecule has 3 aromatic rings. The van der Waals surface area contributed by atoms with Gasteiger partial charge in [-0.1, -0.05) is 11.3 Å². The summed E-state index contributed by atoms with van der Waals surface area (Å²) in [5, 5.41) is 0.949. The van der Waals surface area contributed by atoms with Crippen LogP contribution in [0.4, 0.5) is 10.8 Å². The molecule has 0 aliphatic carbocycles. The van der Waals surface area contributed by atoms with Crippen LogP contribution in [0.15, 0.2) is 47.4 Å². The van der Waals surface area contributed by atoms with Gasteiger partial charge in [-0.15, -0.1) is 0 Å². The Hall–Kier alpha value is -2.32. The van der Waals surface area contributed by atoms with E-state index in [1.54, 1.807) is 36.6 Å². The van der Waals surface area contributed by atoms with Crippen LogP contribution in [-0.4, -0.2) is 52.9 Å². The van der Waals surface area contributed by atoms with Crippen LogP contribution < -0.4 is 14.5 Å². The van der Waals surface area contributed by atoms with Gasteiger partial charge in [-0.05, 0) is 42.5 Å². The maximum absolute atomic E-state index is 11.8. The van der Waals surface area contributed by atoms with Crippen molar-refractivity contribution in [2.75, 3.05) is 49.3 Å². The third-order valence-electron chi connectivity index (χ3n) is 4.76. The molecule has 0 bridgehead atoms. The van der Waals surface area contributed by atoms with E-state index in [2.05, 4.69) is 21.9 Å². The number of fused-ring (bicyclic) bond motifs is 1. The van der Waals surface area contributed by atoms with Gasteiger partial charge in [0.2, 0.25) is 0 Å². The van der Waals surface area contributed by atoms with Gasteiger partial charge >= 0.3 is 0 Å². The number of piperazine rings is 1. The van der Waals surface area contributed by atoms with E-state index in [4.69, 9.17) is 9.72 Å². The van der Waals surface area contributed by atoms with Crippen molar-refractivity contribution < 1.29 is 13.2 Å². The summed E-state index contributed by atoms with van der Waals surface area (Å²) >= 11 is 1.55. The maximum atomic E-state index is 11.8. The van der Waals surface area contributed by atoms with Crippen molar-refractivity contribution in [2.45, 2.75) is 4.90 Å². The highest BCUT2D eigenvalue weighted by atomic mass is 32.2. The van der Waals surface area contributed by atoms with E-state index in [1.165, 1.54) is 11.9 Å². The van der Waals surface area contributed by atoms with Gasteiger partial charge in [0.15, 0.2) is 15.0 Å². The molecule has 27 heavy (non-hydrogen) atoms. The molecule has 0 unspecified atom stereocenters. The standard InChI is InChI=1S/C19H21N3O3S2/c1-25-15-5-3-14(4-6-15)21-9-11-22(12-10-21)19-20-17-8-7-16(27(2,23)24)13-18(17)26-19/h3-8,13H,9-12H2,1-2H3. The number of rotatable bonds is 4. The van der Waals surface area contributed by atoms with E-state index < -0.39 is 9.84 Å². The molecular formula is C19H21N3O3S2. The van der Waals surface area contributed by atoms with E-state index in [0.29, 0.717) is 4.90 Å². The molecule has 142 valence electrons. The van der Waals surface area contributed by atoms with Gasteiger partial charge in [-0.25, -0.2) is 13.4 Å². The number of aromatic nitrogens is 1. The van der Waals surface area contributed by atoms with Crippen molar-refractivity contribution in [3.8, 4) is 5.75 Å². The first kappa shape index (κ1) is 18.1. The second-order valence-electron chi connectivity index (χ2n) is 6.57. The Kier molecular flexibility index (Phi) is 4.69. The first-order valence-electron chi connectivity index (χ1n) is 8.69. The Bertz CT molecular complexity index is 1050. The number of hydrogen-bond donors (Lipinski definition) is 0. The SMILES string of the molecule is COc1ccc(N2CCN(c3nc4ccc(S(C)(=O)=O)cc4s3)CC2)cc1. The first-order chi connectivity index (χ1) is 12.9. The van der Waals surface area contributed by atoms with E-state index in [9.17, 15) is 8.42 Å². The van der Waals surface area contributed by atoms with Gasteiger partial charge in [-0.2, -0.15) is 0 Å². The van der Waals surface area contributed by atoms with Gasteiger partial charge in [0.05, 0.1) is 22.2 Å². The Balaban J connectivity index is 1.49. The summed E-state index contributed by atoms with van der Waals surface area (Å²) in [4.78, 5) is 9.66. The van der Waals surface area contributed by atoms with Crippen molar-refractivity contribution in [3.63, 3.8) is 0 Å². The van der Waals surface area contributed by atoms with Gasteiger partial charge in [0.25, 0.3) is 0 Å². The van der Waals surface area contributed by atoms with E-state index >= 15 is 0 Å². The first-order valence-corrected chi connectivity index (χ1v) is 11.4. The summed E-state index contributed by atoms with van der Waals surface area (Å²) in [5.74, 6) is 0.861. The fourth-order valence-electron chi connectivity index (χ4n) is 3.21. The normalized spacial score (nSPS) is 15.3. The third kappa shape index (κ3) is 3.72. The number of anilines is 2. The molecule has 6 nitrogen and oxygen atoms in total. The van der Waals surface area contributed by atoms with Gasteiger partial charge in [0.1, 0.15) is 5.75 Å². The lowest BCUT2D eigenvalue weighted by atomic mass is 10.2.